The van der Waals surface area contributed by atoms with Gasteiger partial charge in [-0.3, -0.25) is 0 Å². The van der Waals surface area contributed by atoms with E-state index >= 15 is 0 Å². The van der Waals surface area contributed by atoms with Crippen LogP contribution < -0.4 is 0 Å². The number of hydrogen-bond acceptors (Lipinski definition) is 3. The predicted molar refractivity (Wildman–Crippen MR) is 49.5 cm³/mol. The van der Waals surface area contributed by atoms with Crippen LogP contribution in [0.25, 0.3) is 0 Å². The summed E-state index contributed by atoms with van der Waals surface area (Å²) in [4.78, 5) is 10.9. The number of ether oxygens (including phenoxy) is 2. The van der Waals surface area contributed by atoms with Crippen molar-refractivity contribution in [1.29, 1.82) is 0 Å². The van der Waals surface area contributed by atoms with Crippen molar-refractivity contribution >= 4 is 6.16 Å². The van der Waals surface area contributed by atoms with Gasteiger partial charge in [-0.25, -0.2) is 4.79 Å². The number of carbonyl (C=O) groups is 1. The van der Waals surface area contributed by atoms with Gasteiger partial charge in [-0.05, 0) is 38.7 Å². The van der Waals surface area contributed by atoms with E-state index in [4.69, 9.17) is 9.47 Å². The van der Waals surface area contributed by atoms with Crippen LogP contribution in [0.2, 0.25) is 0 Å². The van der Waals surface area contributed by atoms with Crippen LogP contribution in [-0.2, 0) is 9.47 Å². The van der Waals surface area contributed by atoms with E-state index in [1.807, 2.05) is 6.08 Å². The maximum absolute atomic E-state index is 10.9. The molecule has 0 N–H and O–H groups in total. The Morgan fingerprint density at radius 2 is 2.38 bits per heavy atom. The Bertz CT molecular complexity index is 187. The zero-order valence-corrected chi connectivity index (χ0v) is 7.99. The van der Waals surface area contributed by atoms with Crippen LogP contribution in [0.5, 0.6) is 0 Å². The molecule has 0 aliphatic heterocycles. The fourth-order valence-corrected chi connectivity index (χ4v) is 1.33. The summed E-state index contributed by atoms with van der Waals surface area (Å²) in [5, 5.41) is 0. The van der Waals surface area contributed by atoms with E-state index in [0.29, 0.717) is 6.61 Å². The van der Waals surface area contributed by atoms with Gasteiger partial charge in [0.1, 0.15) is 6.10 Å². The first kappa shape index (κ1) is 10.1. The van der Waals surface area contributed by atoms with Crippen molar-refractivity contribution in [2.24, 2.45) is 0 Å². The Kier molecular flexibility index (Phi) is 4.36. The second kappa shape index (κ2) is 5.62. The molecule has 0 amide bonds. The van der Waals surface area contributed by atoms with Crippen LogP contribution in [0.3, 0.4) is 0 Å². The van der Waals surface area contributed by atoms with E-state index in [9.17, 15) is 4.79 Å². The van der Waals surface area contributed by atoms with Crippen molar-refractivity contribution in [1.82, 2.24) is 0 Å². The van der Waals surface area contributed by atoms with Gasteiger partial charge in [0.2, 0.25) is 0 Å². The molecule has 0 spiro atoms. The normalized spacial score (nSPS) is 22.1. The summed E-state index contributed by atoms with van der Waals surface area (Å²) in [5.41, 5.74) is 0. The van der Waals surface area contributed by atoms with Crippen LogP contribution in [0.4, 0.5) is 4.79 Å². The summed E-state index contributed by atoms with van der Waals surface area (Å²) in [5.74, 6) is 0. The molecular weight excluding hydrogens is 168 g/mol. The lowest BCUT2D eigenvalue weighted by molar-refractivity contribution is 0.0381. The first-order valence-electron chi connectivity index (χ1n) is 4.83. The maximum atomic E-state index is 10.9. The quantitative estimate of drug-likeness (QED) is 0.489. The second-order valence-electron chi connectivity index (χ2n) is 3.05. The first-order valence-corrected chi connectivity index (χ1v) is 4.83. The maximum Gasteiger partial charge on any atom is 0.508 e. The van der Waals surface area contributed by atoms with Crippen molar-refractivity contribution in [2.75, 3.05) is 6.61 Å². The minimum absolute atomic E-state index is 0.0819. The second-order valence-corrected chi connectivity index (χ2v) is 3.05. The molecule has 0 saturated carbocycles. The largest absolute Gasteiger partial charge is 0.508 e. The first-order chi connectivity index (χ1) is 6.33. The third-order valence-corrected chi connectivity index (χ3v) is 1.97. The number of hydrogen-bond donors (Lipinski definition) is 0. The Balaban J connectivity index is 2.29. The zero-order chi connectivity index (χ0) is 9.52. The van der Waals surface area contributed by atoms with Gasteiger partial charge in [0.15, 0.2) is 0 Å². The highest BCUT2D eigenvalue weighted by molar-refractivity contribution is 5.60. The van der Waals surface area contributed by atoms with Crippen LogP contribution in [0.15, 0.2) is 12.2 Å². The molecule has 74 valence electrons. The molecule has 0 aromatic carbocycles. The molecule has 3 heteroatoms. The minimum Gasteiger partial charge on any atom is -0.435 e. The summed E-state index contributed by atoms with van der Waals surface area (Å²) in [6, 6.07) is 0. The average Bonchev–Trinajstić information content (AvgIpc) is 2.33. The number of rotatable bonds is 2. The fraction of sp³-hybridized carbons (Fsp3) is 0.700. The summed E-state index contributed by atoms with van der Waals surface area (Å²) >= 11 is 0. The molecule has 1 aliphatic rings. The minimum atomic E-state index is -0.556. The van der Waals surface area contributed by atoms with Crippen molar-refractivity contribution in [3.63, 3.8) is 0 Å². The monoisotopic (exact) mass is 184 g/mol. The Labute approximate surface area is 78.7 Å². The summed E-state index contributed by atoms with van der Waals surface area (Å²) in [7, 11) is 0. The van der Waals surface area contributed by atoms with Gasteiger partial charge in [-0.2, -0.15) is 0 Å². The molecule has 3 nitrogen and oxygen atoms in total. The molecule has 13 heavy (non-hydrogen) atoms. The molecule has 0 radical (unpaired) electrons. The standard InChI is InChI=1S/C10H16O3/c1-2-12-10(11)13-9-7-5-3-4-6-8-9/h5,7,9H,2-4,6,8H2,1H3. The Morgan fingerprint density at radius 1 is 1.54 bits per heavy atom. The van der Waals surface area contributed by atoms with Gasteiger partial charge in [-0.15, -0.1) is 0 Å². The summed E-state index contributed by atoms with van der Waals surface area (Å²) < 4.78 is 9.75. The topological polar surface area (TPSA) is 35.5 Å². The third-order valence-electron chi connectivity index (χ3n) is 1.97. The predicted octanol–water partition coefficient (Wildman–Crippen LogP) is 2.66. The molecule has 1 rings (SSSR count). The molecule has 1 unspecified atom stereocenters. The number of allylic oxidation sites excluding steroid dienone is 1. The highest BCUT2D eigenvalue weighted by Gasteiger charge is 2.13. The zero-order valence-electron chi connectivity index (χ0n) is 7.99. The number of carbonyl (C=O) groups excluding carboxylic acids is 1. The molecule has 1 atom stereocenters. The van der Waals surface area contributed by atoms with Gasteiger partial charge in [0, 0.05) is 0 Å². The van der Waals surface area contributed by atoms with Gasteiger partial charge in [0.05, 0.1) is 6.61 Å². The molecule has 0 heterocycles. The Hall–Kier alpha value is -0.990. The van der Waals surface area contributed by atoms with Crippen LogP contribution in [-0.4, -0.2) is 18.9 Å². The average molecular weight is 184 g/mol. The van der Waals surface area contributed by atoms with Gasteiger partial charge in [0.25, 0.3) is 0 Å². The van der Waals surface area contributed by atoms with E-state index in [2.05, 4.69) is 6.08 Å². The van der Waals surface area contributed by atoms with E-state index < -0.39 is 6.16 Å². The molecule has 0 aromatic heterocycles. The summed E-state index contributed by atoms with van der Waals surface area (Å²) in [6.45, 7) is 2.14. The lowest BCUT2D eigenvalue weighted by atomic mass is 10.2. The summed E-state index contributed by atoms with van der Waals surface area (Å²) in [6.07, 6.45) is 7.66. The molecular formula is C10H16O3. The van der Waals surface area contributed by atoms with Crippen molar-refractivity contribution < 1.29 is 14.3 Å². The molecule has 1 aliphatic carbocycles. The van der Waals surface area contributed by atoms with Crippen LogP contribution in [0, 0.1) is 0 Å². The van der Waals surface area contributed by atoms with Gasteiger partial charge in [-0.1, -0.05) is 6.08 Å². The van der Waals surface area contributed by atoms with E-state index in [-0.39, 0.29) is 6.10 Å². The van der Waals surface area contributed by atoms with E-state index in [0.717, 1.165) is 19.3 Å². The van der Waals surface area contributed by atoms with Gasteiger partial charge < -0.3 is 9.47 Å². The molecule has 0 fully saturated rings. The van der Waals surface area contributed by atoms with Crippen molar-refractivity contribution in [2.45, 2.75) is 38.7 Å². The molecule has 0 saturated heterocycles. The van der Waals surface area contributed by atoms with E-state index in [1.165, 1.54) is 6.42 Å². The Morgan fingerprint density at radius 3 is 3.15 bits per heavy atom. The van der Waals surface area contributed by atoms with Crippen LogP contribution in [0.1, 0.15) is 32.6 Å². The van der Waals surface area contributed by atoms with Crippen molar-refractivity contribution in [3.8, 4) is 0 Å². The smallest absolute Gasteiger partial charge is 0.435 e. The molecule has 0 aromatic rings. The molecule has 0 bridgehead atoms. The fourth-order valence-electron chi connectivity index (χ4n) is 1.33. The van der Waals surface area contributed by atoms with Crippen molar-refractivity contribution in [3.05, 3.63) is 12.2 Å². The lowest BCUT2D eigenvalue weighted by Crippen LogP contribution is -2.16. The highest BCUT2D eigenvalue weighted by Crippen LogP contribution is 2.14. The lowest BCUT2D eigenvalue weighted by Gasteiger charge is -2.11. The third kappa shape index (κ3) is 3.97. The van der Waals surface area contributed by atoms with Crippen LogP contribution >= 0.6 is 0 Å². The van der Waals surface area contributed by atoms with Gasteiger partial charge >= 0.3 is 6.16 Å². The highest BCUT2D eigenvalue weighted by atomic mass is 16.7. The SMILES string of the molecule is CCOC(=O)OC1C=CCCCC1. The van der Waals surface area contributed by atoms with E-state index in [1.54, 1.807) is 6.92 Å².